The van der Waals surface area contributed by atoms with Crippen LogP contribution in [0.2, 0.25) is 5.02 Å². The Balaban J connectivity index is 1.89. The van der Waals surface area contributed by atoms with Gasteiger partial charge in [0.15, 0.2) is 6.10 Å². The second-order valence-corrected chi connectivity index (χ2v) is 5.84. The van der Waals surface area contributed by atoms with E-state index in [0.717, 1.165) is 4.88 Å². The summed E-state index contributed by atoms with van der Waals surface area (Å²) in [7, 11) is 0. The minimum atomic E-state index is -0.588. The summed E-state index contributed by atoms with van der Waals surface area (Å²) < 4.78 is 5.57. The highest BCUT2D eigenvalue weighted by Gasteiger charge is 2.16. The topological polar surface area (TPSA) is 38.3 Å². The van der Waals surface area contributed by atoms with E-state index in [2.05, 4.69) is 5.32 Å². The van der Waals surface area contributed by atoms with Gasteiger partial charge in [0.2, 0.25) is 0 Å². The second kappa shape index (κ2) is 6.77. The lowest BCUT2D eigenvalue weighted by molar-refractivity contribution is -0.127. The number of carbonyl (C=O) groups excluding carboxylic acids is 1. The predicted octanol–water partition coefficient (Wildman–Crippen LogP) is 3.79. The zero-order chi connectivity index (χ0) is 14.5. The molecule has 0 radical (unpaired) electrons. The van der Waals surface area contributed by atoms with E-state index in [0.29, 0.717) is 17.3 Å². The molecule has 2 rings (SSSR count). The van der Waals surface area contributed by atoms with E-state index in [4.69, 9.17) is 16.3 Å². The normalized spacial score (nSPS) is 11.9. The highest BCUT2D eigenvalue weighted by Crippen LogP contribution is 2.24. The number of benzene rings is 1. The van der Waals surface area contributed by atoms with Crippen molar-refractivity contribution >= 4 is 28.8 Å². The summed E-state index contributed by atoms with van der Waals surface area (Å²) >= 11 is 7.63. The van der Waals surface area contributed by atoms with Crippen molar-refractivity contribution in [3.63, 3.8) is 0 Å². The Morgan fingerprint density at radius 2 is 2.15 bits per heavy atom. The molecule has 0 aliphatic heterocycles. The fourth-order valence-corrected chi connectivity index (χ4v) is 2.71. The van der Waals surface area contributed by atoms with Crippen LogP contribution in [0.5, 0.6) is 5.75 Å². The van der Waals surface area contributed by atoms with Crippen molar-refractivity contribution < 1.29 is 9.53 Å². The number of halogens is 1. The highest BCUT2D eigenvalue weighted by atomic mass is 35.5. The molecular formula is C15H16ClNO2S. The number of para-hydroxylation sites is 1. The third-order valence-electron chi connectivity index (χ3n) is 2.90. The van der Waals surface area contributed by atoms with Crippen LogP contribution in [0.25, 0.3) is 0 Å². The summed E-state index contributed by atoms with van der Waals surface area (Å²) in [5.74, 6) is 0.363. The van der Waals surface area contributed by atoms with Crippen LogP contribution in [0, 0.1) is 6.92 Å². The van der Waals surface area contributed by atoms with Gasteiger partial charge in [0.25, 0.3) is 5.91 Å². The lowest BCUT2D eigenvalue weighted by Crippen LogP contribution is -2.35. The van der Waals surface area contributed by atoms with Crippen LogP contribution in [0.15, 0.2) is 35.7 Å². The van der Waals surface area contributed by atoms with Crippen LogP contribution >= 0.6 is 22.9 Å². The Morgan fingerprint density at radius 3 is 2.80 bits per heavy atom. The monoisotopic (exact) mass is 309 g/mol. The predicted molar refractivity (Wildman–Crippen MR) is 82.4 cm³/mol. The molecule has 0 aliphatic rings. The first-order chi connectivity index (χ1) is 9.58. The summed E-state index contributed by atoms with van der Waals surface area (Å²) in [6, 6.07) is 9.15. The van der Waals surface area contributed by atoms with Crippen molar-refractivity contribution in [2.24, 2.45) is 0 Å². The number of amides is 1. The zero-order valence-corrected chi connectivity index (χ0v) is 12.9. The summed E-state index contributed by atoms with van der Waals surface area (Å²) in [5.41, 5.74) is 1.19. The Morgan fingerprint density at radius 1 is 1.40 bits per heavy atom. The van der Waals surface area contributed by atoms with Crippen LogP contribution < -0.4 is 10.1 Å². The van der Waals surface area contributed by atoms with Crippen molar-refractivity contribution in [2.45, 2.75) is 26.5 Å². The summed E-state index contributed by atoms with van der Waals surface area (Å²) in [6.45, 7) is 4.26. The molecular weight excluding hydrogens is 294 g/mol. The van der Waals surface area contributed by atoms with Gasteiger partial charge in [-0.25, -0.2) is 0 Å². The molecule has 1 aromatic carbocycles. The molecule has 20 heavy (non-hydrogen) atoms. The van der Waals surface area contributed by atoms with E-state index in [1.807, 2.05) is 30.5 Å². The van der Waals surface area contributed by atoms with Gasteiger partial charge in [-0.3, -0.25) is 4.79 Å². The molecule has 1 N–H and O–H groups in total. The molecule has 0 spiro atoms. The summed E-state index contributed by atoms with van der Waals surface area (Å²) in [4.78, 5) is 13.1. The molecule has 1 amide bonds. The average molecular weight is 310 g/mol. The van der Waals surface area contributed by atoms with Gasteiger partial charge in [0, 0.05) is 4.88 Å². The smallest absolute Gasteiger partial charge is 0.261 e. The SMILES string of the molecule is Cc1ccsc1CNC(=O)C(C)Oc1ccccc1Cl. The molecule has 1 heterocycles. The Kier molecular flexibility index (Phi) is 5.04. The van der Waals surface area contributed by atoms with E-state index in [1.54, 1.807) is 30.4 Å². The van der Waals surface area contributed by atoms with Crippen LogP contribution in [-0.4, -0.2) is 12.0 Å². The summed E-state index contributed by atoms with van der Waals surface area (Å²) in [5, 5.41) is 5.38. The lowest BCUT2D eigenvalue weighted by Gasteiger charge is -2.15. The van der Waals surface area contributed by atoms with Gasteiger partial charge >= 0.3 is 0 Å². The first kappa shape index (κ1) is 14.9. The minimum Gasteiger partial charge on any atom is -0.479 e. The minimum absolute atomic E-state index is 0.155. The first-order valence-corrected chi connectivity index (χ1v) is 7.55. The molecule has 1 unspecified atom stereocenters. The van der Waals surface area contributed by atoms with E-state index in [9.17, 15) is 4.79 Å². The third-order valence-corrected chi connectivity index (χ3v) is 4.24. The van der Waals surface area contributed by atoms with Crippen LogP contribution in [0.1, 0.15) is 17.4 Å². The Bertz CT molecular complexity index is 597. The molecule has 2 aromatic rings. The Hall–Kier alpha value is -1.52. The number of rotatable bonds is 5. The lowest BCUT2D eigenvalue weighted by atomic mass is 10.3. The van der Waals surface area contributed by atoms with Crippen molar-refractivity contribution in [1.29, 1.82) is 0 Å². The van der Waals surface area contributed by atoms with Crippen molar-refractivity contribution in [3.8, 4) is 5.75 Å². The molecule has 1 atom stereocenters. The number of hydrogen-bond acceptors (Lipinski definition) is 3. The van der Waals surface area contributed by atoms with Crippen LogP contribution in [0.4, 0.5) is 0 Å². The van der Waals surface area contributed by atoms with Crippen LogP contribution in [-0.2, 0) is 11.3 Å². The number of ether oxygens (including phenoxy) is 1. The maximum Gasteiger partial charge on any atom is 0.261 e. The molecule has 0 fully saturated rings. The average Bonchev–Trinajstić information content (AvgIpc) is 2.84. The fourth-order valence-electron chi connectivity index (χ4n) is 1.68. The van der Waals surface area contributed by atoms with Gasteiger partial charge in [-0.1, -0.05) is 23.7 Å². The van der Waals surface area contributed by atoms with E-state index in [1.165, 1.54) is 5.56 Å². The van der Waals surface area contributed by atoms with Crippen molar-refractivity contribution in [3.05, 3.63) is 51.2 Å². The Labute approximate surface area is 127 Å². The van der Waals surface area contributed by atoms with Crippen LogP contribution in [0.3, 0.4) is 0 Å². The zero-order valence-electron chi connectivity index (χ0n) is 11.4. The maximum absolute atomic E-state index is 12.0. The standard InChI is InChI=1S/C15H16ClNO2S/c1-10-7-8-20-14(10)9-17-15(18)11(2)19-13-6-4-3-5-12(13)16/h3-8,11H,9H2,1-2H3,(H,17,18). The van der Waals surface area contributed by atoms with Gasteiger partial charge in [-0.2, -0.15) is 0 Å². The van der Waals surface area contributed by atoms with E-state index in [-0.39, 0.29) is 5.91 Å². The summed E-state index contributed by atoms with van der Waals surface area (Å²) in [6.07, 6.45) is -0.588. The highest BCUT2D eigenvalue weighted by molar-refractivity contribution is 7.10. The quantitative estimate of drug-likeness (QED) is 0.912. The maximum atomic E-state index is 12.0. The molecule has 1 aromatic heterocycles. The second-order valence-electron chi connectivity index (χ2n) is 4.44. The molecule has 0 saturated carbocycles. The van der Waals surface area contributed by atoms with Gasteiger partial charge in [-0.15, -0.1) is 11.3 Å². The first-order valence-electron chi connectivity index (χ1n) is 6.30. The molecule has 3 nitrogen and oxygen atoms in total. The van der Waals surface area contributed by atoms with Gasteiger partial charge in [0.1, 0.15) is 5.75 Å². The van der Waals surface area contributed by atoms with Crippen molar-refractivity contribution in [1.82, 2.24) is 5.32 Å². The molecule has 5 heteroatoms. The third kappa shape index (κ3) is 3.74. The van der Waals surface area contributed by atoms with Gasteiger partial charge in [-0.05, 0) is 43.0 Å². The molecule has 0 saturated heterocycles. The number of nitrogens with one attached hydrogen (secondary N) is 1. The number of aryl methyl sites for hydroxylation is 1. The largest absolute Gasteiger partial charge is 0.479 e. The van der Waals surface area contributed by atoms with Crippen molar-refractivity contribution in [2.75, 3.05) is 0 Å². The molecule has 106 valence electrons. The van der Waals surface area contributed by atoms with E-state index >= 15 is 0 Å². The van der Waals surface area contributed by atoms with E-state index < -0.39 is 6.10 Å². The molecule has 0 bridgehead atoms. The van der Waals surface area contributed by atoms with Gasteiger partial charge in [0.05, 0.1) is 11.6 Å². The number of thiophene rings is 1. The fraction of sp³-hybridized carbons (Fsp3) is 0.267. The number of hydrogen-bond donors (Lipinski definition) is 1. The number of carbonyl (C=O) groups is 1. The van der Waals surface area contributed by atoms with Gasteiger partial charge < -0.3 is 10.1 Å². The molecule has 0 aliphatic carbocycles.